The van der Waals surface area contributed by atoms with Crippen molar-refractivity contribution in [3.05, 3.63) is 28.5 Å². The van der Waals surface area contributed by atoms with Crippen molar-refractivity contribution in [1.82, 2.24) is 4.98 Å². The molecule has 0 aliphatic carbocycles. The minimum Gasteiger partial charge on any atom is -0.249 e. The van der Waals surface area contributed by atoms with Crippen molar-refractivity contribution in [3.63, 3.8) is 0 Å². The molecule has 0 saturated carbocycles. The minimum atomic E-state index is 0.903. The molecule has 1 aromatic heterocycles. The quantitative estimate of drug-likeness (QED) is 0.611. The molecule has 0 bridgehead atoms. The van der Waals surface area contributed by atoms with Crippen LogP contribution in [0.3, 0.4) is 0 Å². The Bertz CT molecular complexity index is 208. The van der Waals surface area contributed by atoms with Gasteiger partial charge >= 0.3 is 0 Å². The maximum absolute atomic E-state index is 4.13. The summed E-state index contributed by atoms with van der Waals surface area (Å²) in [5, 5.41) is 1.06. The molecular formula is C8H9Br2N. The van der Waals surface area contributed by atoms with Crippen LogP contribution in [0.25, 0.3) is 0 Å². The van der Waals surface area contributed by atoms with Gasteiger partial charge in [-0.1, -0.05) is 22.0 Å². The predicted octanol–water partition coefficient (Wildman–Crippen LogP) is 3.17. The normalized spacial score (nSPS) is 10.0. The number of hydrogen-bond acceptors (Lipinski definition) is 1. The summed E-state index contributed by atoms with van der Waals surface area (Å²) in [6, 6.07) is 4.07. The highest BCUT2D eigenvalue weighted by Gasteiger charge is 1.92. The lowest BCUT2D eigenvalue weighted by molar-refractivity contribution is 0.928. The maximum atomic E-state index is 4.13. The van der Waals surface area contributed by atoms with Gasteiger partial charge in [-0.2, -0.15) is 0 Å². The predicted molar refractivity (Wildman–Crippen MR) is 54.1 cm³/mol. The highest BCUT2D eigenvalue weighted by molar-refractivity contribution is 9.10. The highest BCUT2D eigenvalue weighted by Crippen LogP contribution is 2.08. The van der Waals surface area contributed by atoms with Gasteiger partial charge in [0.1, 0.15) is 4.60 Å². The molecule has 0 atom stereocenters. The van der Waals surface area contributed by atoms with Gasteiger partial charge in [-0.05, 0) is 40.4 Å². The fourth-order valence-corrected chi connectivity index (χ4v) is 1.34. The zero-order valence-electron chi connectivity index (χ0n) is 6.06. The molecule has 0 amide bonds. The lowest BCUT2D eigenvalue weighted by atomic mass is 10.2. The zero-order chi connectivity index (χ0) is 8.10. The Morgan fingerprint density at radius 3 is 2.73 bits per heavy atom. The molecule has 0 radical (unpaired) electrons. The van der Waals surface area contributed by atoms with E-state index in [-0.39, 0.29) is 0 Å². The molecule has 0 N–H and O–H groups in total. The summed E-state index contributed by atoms with van der Waals surface area (Å²) in [6.45, 7) is 0. The van der Waals surface area contributed by atoms with Gasteiger partial charge in [-0.3, -0.25) is 0 Å². The number of rotatable bonds is 3. The van der Waals surface area contributed by atoms with Gasteiger partial charge in [0.2, 0.25) is 0 Å². The Hall–Kier alpha value is 0.110. The van der Waals surface area contributed by atoms with Crippen LogP contribution in [-0.2, 0) is 6.42 Å². The molecule has 11 heavy (non-hydrogen) atoms. The first kappa shape index (κ1) is 9.20. The summed E-state index contributed by atoms with van der Waals surface area (Å²) in [5.41, 5.74) is 1.30. The van der Waals surface area contributed by atoms with Crippen LogP contribution in [-0.4, -0.2) is 10.3 Å². The number of halogens is 2. The largest absolute Gasteiger partial charge is 0.249 e. The van der Waals surface area contributed by atoms with E-state index in [1.165, 1.54) is 12.0 Å². The van der Waals surface area contributed by atoms with Crippen molar-refractivity contribution < 1.29 is 0 Å². The van der Waals surface area contributed by atoms with Crippen LogP contribution in [0.5, 0.6) is 0 Å². The van der Waals surface area contributed by atoms with Gasteiger partial charge in [0, 0.05) is 11.5 Å². The third kappa shape index (κ3) is 3.34. The maximum Gasteiger partial charge on any atom is 0.106 e. The number of alkyl halides is 1. The van der Waals surface area contributed by atoms with E-state index in [1.807, 2.05) is 12.3 Å². The van der Waals surface area contributed by atoms with E-state index in [1.54, 1.807) is 0 Å². The Labute approximate surface area is 83.5 Å². The van der Waals surface area contributed by atoms with Gasteiger partial charge in [0.25, 0.3) is 0 Å². The molecule has 1 heterocycles. The number of nitrogens with zero attached hydrogens (tertiary/aromatic N) is 1. The Morgan fingerprint density at radius 2 is 2.18 bits per heavy atom. The van der Waals surface area contributed by atoms with Crippen LogP contribution in [0.15, 0.2) is 22.9 Å². The average Bonchev–Trinajstić information content (AvgIpc) is 2.04. The van der Waals surface area contributed by atoms with Crippen LogP contribution in [0.4, 0.5) is 0 Å². The highest BCUT2D eigenvalue weighted by atomic mass is 79.9. The van der Waals surface area contributed by atoms with E-state index in [2.05, 4.69) is 42.9 Å². The summed E-state index contributed by atoms with van der Waals surface area (Å²) < 4.78 is 0.903. The van der Waals surface area contributed by atoms with Crippen LogP contribution < -0.4 is 0 Å². The Balaban J connectivity index is 2.52. The monoisotopic (exact) mass is 277 g/mol. The van der Waals surface area contributed by atoms with Crippen molar-refractivity contribution >= 4 is 31.9 Å². The molecule has 0 aliphatic heterocycles. The molecule has 1 aromatic rings. The number of aryl methyl sites for hydroxylation is 1. The van der Waals surface area contributed by atoms with Crippen molar-refractivity contribution in [2.24, 2.45) is 0 Å². The second kappa shape index (κ2) is 4.88. The number of aromatic nitrogens is 1. The molecule has 0 spiro atoms. The second-order valence-corrected chi connectivity index (χ2v) is 3.89. The van der Waals surface area contributed by atoms with Crippen molar-refractivity contribution in [2.45, 2.75) is 12.8 Å². The fourth-order valence-electron chi connectivity index (χ4n) is 0.825. The molecule has 0 fully saturated rings. The molecular weight excluding hydrogens is 270 g/mol. The van der Waals surface area contributed by atoms with Gasteiger partial charge in [0.05, 0.1) is 0 Å². The molecule has 0 unspecified atom stereocenters. The Kier molecular flexibility index (Phi) is 4.08. The number of hydrogen-bond donors (Lipinski definition) is 0. The standard InChI is InChI=1S/C8H9Br2N/c9-5-1-2-7-3-4-8(10)11-6-7/h3-4,6H,1-2,5H2. The molecule has 0 aliphatic rings. The second-order valence-electron chi connectivity index (χ2n) is 2.28. The van der Waals surface area contributed by atoms with Gasteiger partial charge in [-0.15, -0.1) is 0 Å². The average molecular weight is 279 g/mol. The van der Waals surface area contributed by atoms with E-state index >= 15 is 0 Å². The fraction of sp³-hybridized carbons (Fsp3) is 0.375. The molecule has 3 heteroatoms. The van der Waals surface area contributed by atoms with E-state index < -0.39 is 0 Å². The molecule has 60 valence electrons. The van der Waals surface area contributed by atoms with Gasteiger partial charge in [-0.25, -0.2) is 4.98 Å². The zero-order valence-corrected chi connectivity index (χ0v) is 9.23. The van der Waals surface area contributed by atoms with Gasteiger partial charge < -0.3 is 0 Å². The number of pyridine rings is 1. The summed E-state index contributed by atoms with van der Waals surface area (Å²) in [7, 11) is 0. The van der Waals surface area contributed by atoms with Gasteiger partial charge in [0.15, 0.2) is 0 Å². The first-order valence-corrected chi connectivity index (χ1v) is 5.41. The molecule has 0 saturated heterocycles. The van der Waals surface area contributed by atoms with Crippen LogP contribution >= 0.6 is 31.9 Å². The van der Waals surface area contributed by atoms with Crippen molar-refractivity contribution in [2.75, 3.05) is 5.33 Å². The summed E-state index contributed by atoms with van der Waals surface area (Å²) >= 11 is 6.68. The SMILES string of the molecule is BrCCCc1ccc(Br)nc1. The minimum absolute atomic E-state index is 0.903. The van der Waals surface area contributed by atoms with Crippen LogP contribution in [0.2, 0.25) is 0 Å². The van der Waals surface area contributed by atoms with E-state index in [0.29, 0.717) is 0 Å². The Morgan fingerprint density at radius 1 is 1.36 bits per heavy atom. The lowest BCUT2D eigenvalue weighted by Gasteiger charge is -1.97. The van der Waals surface area contributed by atoms with Crippen molar-refractivity contribution in [3.8, 4) is 0 Å². The van der Waals surface area contributed by atoms with E-state index in [4.69, 9.17) is 0 Å². The summed E-state index contributed by atoms with van der Waals surface area (Å²) in [4.78, 5) is 4.13. The van der Waals surface area contributed by atoms with Crippen LogP contribution in [0.1, 0.15) is 12.0 Å². The van der Waals surface area contributed by atoms with E-state index in [0.717, 1.165) is 16.4 Å². The summed E-state index contributed by atoms with van der Waals surface area (Å²) in [6.07, 6.45) is 4.18. The lowest BCUT2D eigenvalue weighted by Crippen LogP contribution is -1.86. The molecule has 0 aromatic carbocycles. The molecule has 1 rings (SSSR count). The third-order valence-corrected chi connectivity index (χ3v) is 2.42. The van der Waals surface area contributed by atoms with Crippen molar-refractivity contribution in [1.29, 1.82) is 0 Å². The molecule has 1 nitrogen and oxygen atoms in total. The topological polar surface area (TPSA) is 12.9 Å². The van der Waals surface area contributed by atoms with E-state index in [9.17, 15) is 0 Å². The third-order valence-electron chi connectivity index (χ3n) is 1.39. The smallest absolute Gasteiger partial charge is 0.106 e. The first-order chi connectivity index (χ1) is 5.33. The van der Waals surface area contributed by atoms with Crippen LogP contribution in [0, 0.1) is 0 Å². The first-order valence-electron chi connectivity index (χ1n) is 3.49. The summed E-state index contributed by atoms with van der Waals surface area (Å²) in [5.74, 6) is 0.